The van der Waals surface area contributed by atoms with Crippen LogP contribution in [-0.4, -0.2) is 38.4 Å². The first-order valence-electron chi connectivity index (χ1n) is 10.4. The van der Waals surface area contributed by atoms with Crippen LogP contribution in [0, 0.1) is 0 Å². The number of ether oxygens (including phenoxy) is 1. The third kappa shape index (κ3) is 4.90. The van der Waals surface area contributed by atoms with Gasteiger partial charge in [0.2, 0.25) is 6.23 Å². The average molecular weight is 455 g/mol. The molecule has 7 nitrogen and oxygen atoms in total. The summed E-state index contributed by atoms with van der Waals surface area (Å²) in [6, 6.07) is 1.30. The average Bonchev–Trinajstić information content (AvgIpc) is 2.81. The Morgan fingerprint density at radius 1 is 1.00 bits per heavy atom. The van der Waals surface area contributed by atoms with Gasteiger partial charge in [-0.15, -0.1) is 0 Å². The fourth-order valence-corrected chi connectivity index (χ4v) is 5.26. The van der Waals surface area contributed by atoms with E-state index in [1.165, 1.54) is 16.8 Å². The minimum absolute atomic E-state index is 0.0122. The zero-order valence-corrected chi connectivity index (χ0v) is 22.1. The molecule has 0 radical (unpaired) electrons. The fraction of sp³-hybridized carbons (Fsp3) is 0.714. The van der Waals surface area contributed by atoms with E-state index in [2.05, 4.69) is 79.3 Å². The van der Waals surface area contributed by atoms with Crippen LogP contribution in [0.3, 0.4) is 0 Å². The van der Waals surface area contributed by atoms with Crippen molar-refractivity contribution in [3.05, 3.63) is 45.4 Å². The normalized spacial score (nSPS) is 23.5. The Hall–Kier alpha value is -1.43. The van der Waals surface area contributed by atoms with Gasteiger partial charge in [-0.1, -0.05) is 48.1 Å². The molecule has 1 aliphatic rings. The van der Waals surface area contributed by atoms with Gasteiger partial charge >= 0.3 is 5.69 Å². The van der Waals surface area contributed by atoms with Crippen molar-refractivity contribution in [3.63, 3.8) is 0 Å². The third-order valence-electron chi connectivity index (χ3n) is 6.76. The Kier molecular flexibility index (Phi) is 6.56. The van der Waals surface area contributed by atoms with Crippen molar-refractivity contribution in [2.75, 3.05) is 0 Å². The molecule has 0 amide bonds. The smallest absolute Gasteiger partial charge is 0.331 e. The number of nitrogens with zero attached hydrogens (tertiary/aromatic N) is 1. The Labute approximate surface area is 181 Å². The number of nitrogens with one attached hydrogen (secondary N) is 1. The second kappa shape index (κ2) is 7.92. The van der Waals surface area contributed by atoms with E-state index in [-0.39, 0.29) is 10.1 Å². The van der Waals surface area contributed by atoms with E-state index in [0.29, 0.717) is 5.76 Å². The number of aromatic amines is 1. The summed E-state index contributed by atoms with van der Waals surface area (Å²) in [6.45, 7) is 25.7. The van der Waals surface area contributed by atoms with Crippen molar-refractivity contribution >= 4 is 16.6 Å². The second-order valence-corrected chi connectivity index (χ2v) is 20.6. The van der Waals surface area contributed by atoms with Gasteiger partial charge in [-0.05, 0) is 36.3 Å². The molecule has 1 fully saturated rings. The molecular formula is C21H38N2O5Si2. The molecule has 2 rings (SSSR count). The lowest BCUT2D eigenvalue weighted by Crippen LogP contribution is -2.52. The first-order chi connectivity index (χ1) is 13.4. The van der Waals surface area contributed by atoms with Crippen LogP contribution < -0.4 is 11.2 Å². The zero-order chi connectivity index (χ0) is 23.3. The van der Waals surface area contributed by atoms with Gasteiger partial charge < -0.3 is 13.6 Å². The summed E-state index contributed by atoms with van der Waals surface area (Å²) in [6.07, 6.45) is -0.360. The molecule has 3 atom stereocenters. The lowest BCUT2D eigenvalue weighted by molar-refractivity contribution is -0.00649. The monoisotopic (exact) mass is 454 g/mol. The summed E-state index contributed by atoms with van der Waals surface area (Å²) in [7, 11) is -4.42. The highest BCUT2D eigenvalue weighted by Gasteiger charge is 2.52. The number of rotatable bonds is 5. The number of hydrogen-bond donors (Lipinski definition) is 1. The van der Waals surface area contributed by atoms with E-state index in [0.717, 1.165) is 0 Å². The van der Waals surface area contributed by atoms with Crippen molar-refractivity contribution in [2.24, 2.45) is 0 Å². The van der Waals surface area contributed by atoms with E-state index < -0.39 is 46.3 Å². The molecule has 0 aromatic carbocycles. The van der Waals surface area contributed by atoms with Crippen LogP contribution in [0.25, 0.3) is 0 Å². The molecule has 0 spiro atoms. The molecule has 170 valence electrons. The standard InChI is InChI=1S/C21H38N2O5Si2/c1-14-16(27-29(8,9)20(2,3)4)17(28-30(10,11)21(5,6)7)18(26-14)23-13-12-15(24)22-19(23)25/h12-13,16-18H,1H2,2-11H3,(H,22,24,25)/t16-,17-,18-/m1/s1. The van der Waals surface area contributed by atoms with Crippen molar-refractivity contribution in [2.45, 2.75) is 96.2 Å². The Morgan fingerprint density at radius 3 is 1.97 bits per heavy atom. The summed E-state index contributed by atoms with van der Waals surface area (Å²) in [5.41, 5.74) is -0.999. The quantitative estimate of drug-likeness (QED) is 0.669. The number of hydrogen-bond acceptors (Lipinski definition) is 5. The van der Waals surface area contributed by atoms with Crippen LogP contribution in [0.15, 0.2) is 34.2 Å². The maximum atomic E-state index is 12.5. The first kappa shape index (κ1) is 24.8. The maximum absolute atomic E-state index is 12.5. The molecule has 0 bridgehead atoms. The molecule has 2 heterocycles. The van der Waals surface area contributed by atoms with Crippen LogP contribution >= 0.6 is 0 Å². The van der Waals surface area contributed by atoms with Gasteiger partial charge in [0.25, 0.3) is 5.56 Å². The molecule has 1 saturated heterocycles. The molecular weight excluding hydrogens is 416 g/mol. The van der Waals surface area contributed by atoms with Crippen LogP contribution in [0.5, 0.6) is 0 Å². The Bertz CT molecular complexity index is 905. The van der Waals surface area contributed by atoms with E-state index in [4.69, 9.17) is 13.6 Å². The number of aromatic nitrogens is 2. The molecule has 1 aromatic heterocycles. The minimum Gasteiger partial charge on any atom is -0.469 e. The van der Waals surface area contributed by atoms with Gasteiger partial charge in [0.1, 0.15) is 18.0 Å². The molecule has 1 aromatic rings. The van der Waals surface area contributed by atoms with Crippen molar-refractivity contribution in [3.8, 4) is 0 Å². The summed E-state index contributed by atoms with van der Waals surface area (Å²) in [4.78, 5) is 26.4. The van der Waals surface area contributed by atoms with Crippen molar-refractivity contribution < 1.29 is 13.6 Å². The van der Waals surface area contributed by atoms with Crippen LogP contribution in [0.1, 0.15) is 47.8 Å². The molecule has 1 aliphatic heterocycles. The highest BCUT2D eigenvalue weighted by atomic mass is 28.4. The van der Waals surface area contributed by atoms with Crippen LogP contribution in [-0.2, 0) is 13.6 Å². The minimum atomic E-state index is -2.24. The largest absolute Gasteiger partial charge is 0.469 e. The molecule has 30 heavy (non-hydrogen) atoms. The first-order valence-corrected chi connectivity index (χ1v) is 16.2. The molecule has 0 aliphatic carbocycles. The van der Waals surface area contributed by atoms with E-state index in [1.807, 2.05) is 0 Å². The summed E-state index contributed by atoms with van der Waals surface area (Å²) in [5, 5.41) is -0.0549. The SMILES string of the molecule is C=C1O[C@@H](n2ccc(=O)[nH]c2=O)[C@H](O[Si](C)(C)C(C)(C)C)[C@@H]1O[Si](C)(C)C(C)(C)C. The third-order valence-corrected chi connectivity index (χ3v) is 15.7. The van der Waals surface area contributed by atoms with Gasteiger partial charge in [0, 0.05) is 12.3 Å². The fourth-order valence-electron chi connectivity index (χ4n) is 2.73. The topological polar surface area (TPSA) is 82.6 Å². The molecule has 0 saturated carbocycles. The van der Waals surface area contributed by atoms with Gasteiger partial charge in [-0.25, -0.2) is 4.79 Å². The Morgan fingerprint density at radius 2 is 1.50 bits per heavy atom. The van der Waals surface area contributed by atoms with Crippen molar-refractivity contribution in [1.82, 2.24) is 9.55 Å². The lowest BCUT2D eigenvalue weighted by atomic mass is 10.2. The predicted molar refractivity (Wildman–Crippen MR) is 125 cm³/mol. The zero-order valence-electron chi connectivity index (χ0n) is 20.1. The summed E-state index contributed by atoms with van der Waals surface area (Å²) < 4.78 is 20.9. The summed E-state index contributed by atoms with van der Waals surface area (Å²) >= 11 is 0. The van der Waals surface area contributed by atoms with Gasteiger partial charge in [-0.2, -0.15) is 0 Å². The van der Waals surface area contributed by atoms with E-state index in [1.54, 1.807) is 0 Å². The number of H-pyrrole nitrogens is 1. The van der Waals surface area contributed by atoms with E-state index >= 15 is 0 Å². The molecule has 9 heteroatoms. The van der Waals surface area contributed by atoms with Gasteiger partial charge in [0.05, 0.1) is 0 Å². The van der Waals surface area contributed by atoms with Crippen LogP contribution in [0.4, 0.5) is 0 Å². The molecule has 1 N–H and O–H groups in total. The van der Waals surface area contributed by atoms with Crippen molar-refractivity contribution in [1.29, 1.82) is 0 Å². The molecule has 0 unspecified atom stereocenters. The lowest BCUT2D eigenvalue weighted by Gasteiger charge is -2.43. The Balaban J connectivity index is 2.54. The summed E-state index contributed by atoms with van der Waals surface area (Å²) in [5.74, 6) is 0.451. The van der Waals surface area contributed by atoms with Crippen LogP contribution in [0.2, 0.25) is 36.3 Å². The highest BCUT2D eigenvalue weighted by Crippen LogP contribution is 2.45. The maximum Gasteiger partial charge on any atom is 0.331 e. The van der Waals surface area contributed by atoms with Gasteiger partial charge in [-0.3, -0.25) is 14.3 Å². The van der Waals surface area contributed by atoms with Gasteiger partial charge in [0.15, 0.2) is 16.6 Å². The van der Waals surface area contributed by atoms with E-state index in [9.17, 15) is 9.59 Å². The second-order valence-electron chi connectivity index (χ2n) is 11.1. The predicted octanol–water partition coefficient (Wildman–Crippen LogP) is 4.36. The highest BCUT2D eigenvalue weighted by molar-refractivity contribution is 6.74.